The number of carbonyl (C=O) groups is 2. The molecule has 6 nitrogen and oxygen atoms in total. The van der Waals surface area contributed by atoms with Crippen molar-refractivity contribution >= 4 is 39.2 Å². The summed E-state index contributed by atoms with van der Waals surface area (Å²) in [4.78, 5) is 28.5. The molecule has 2 N–H and O–H groups in total. The summed E-state index contributed by atoms with van der Waals surface area (Å²) >= 11 is 3.15. The van der Waals surface area contributed by atoms with Crippen LogP contribution in [0.5, 0.6) is 0 Å². The molecule has 25 heavy (non-hydrogen) atoms. The van der Waals surface area contributed by atoms with Gasteiger partial charge in [0.2, 0.25) is 0 Å². The maximum absolute atomic E-state index is 12.3. The summed E-state index contributed by atoms with van der Waals surface area (Å²) in [6.45, 7) is 1.92. The van der Waals surface area contributed by atoms with Crippen molar-refractivity contribution in [3.05, 3.63) is 76.3 Å². The number of rotatable bonds is 4. The molecule has 0 saturated heterocycles. The van der Waals surface area contributed by atoms with Gasteiger partial charge in [-0.05, 0) is 70.9 Å². The normalized spacial score (nSPS) is 10.3. The first-order chi connectivity index (χ1) is 12.0. The second kappa shape index (κ2) is 7.31. The van der Waals surface area contributed by atoms with Gasteiger partial charge in [0.1, 0.15) is 5.82 Å². The van der Waals surface area contributed by atoms with Gasteiger partial charge in [0.15, 0.2) is 10.4 Å². The van der Waals surface area contributed by atoms with Gasteiger partial charge >= 0.3 is 0 Å². The van der Waals surface area contributed by atoms with Crippen LogP contribution in [-0.4, -0.2) is 16.8 Å². The van der Waals surface area contributed by atoms with Crippen molar-refractivity contribution in [2.45, 2.75) is 6.92 Å². The highest BCUT2D eigenvalue weighted by atomic mass is 79.9. The molecule has 2 amide bonds. The summed E-state index contributed by atoms with van der Waals surface area (Å²) in [7, 11) is 0. The number of benzene rings is 1. The Morgan fingerprint density at radius 1 is 1.04 bits per heavy atom. The third kappa shape index (κ3) is 4.33. The minimum absolute atomic E-state index is 0.172. The Morgan fingerprint density at radius 3 is 2.60 bits per heavy atom. The Morgan fingerprint density at radius 2 is 1.88 bits per heavy atom. The average molecular weight is 400 g/mol. The number of nitrogens with one attached hydrogen (secondary N) is 2. The second-order valence-corrected chi connectivity index (χ2v) is 6.09. The Kier molecular flexibility index (Phi) is 4.95. The molecular weight excluding hydrogens is 386 g/mol. The third-order valence-corrected chi connectivity index (χ3v) is 3.76. The van der Waals surface area contributed by atoms with Gasteiger partial charge in [0, 0.05) is 17.4 Å². The van der Waals surface area contributed by atoms with Crippen LogP contribution in [0.4, 0.5) is 11.5 Å². The number of hydrogen-bond donors (Lipinski definition) is 2. The summed E-state index contributed by atoms with van der Waals surface area (Å²) in [5, 5.41) is 5.42. The number of pyridine rings is 1. The quantitative estimate of drug-likeness (QED) is 0.686. The average Bonchev–Trinajstić information content (AvgIpc) is 3.02. The highest BCUT2D eigenvalue weighted by Gasteiger charge is 2.12. The molecule has 3 aromatic rings. The number of hydrogen-bond acceptors (Lipinski definition) is 4. The zero-order valence-corrected chi connectivity index (χ0v) is 14.8. The standard InChI is InChI=1S/C18H14BrN3O3/c1-11-7-8-20-16(9-11)22-17(23)12-3-2-4-13(10-12)21-18(24)14-5-6-15(19)25-14/h2-10H,1H3,(H,21,24)(H,20,22,23). The van der Waals surface area contributed by atoms with E-state index in [-0.39, 0.29) is 11.7 Å². The molecule has 0 aliphatic heterocycles. The lowest BCUT2D eigenvalue weighted by molar-refractivity contribution is 0.0992. The third-order valence-electron chi connectivity index (χ3n) is 3.34. The van der Waals surface area contributed by atoms with Crippen LogP contribution in [0.2, 0.25) is 0 Å². The Balaban J connectivity index is 1.72. The predicted molar refractivity (Wildman–Crippen MR) is 97.7 cm³/mol. The van der Waals surface area contributed by atoms with Crippen molar-refractivity contribution in [3.63, 3.8) is 0 Å². The van der Waals surface area contributed by atoms with Crippen LogP contribution in [0.15, 0.2) is 63.8 Å². The van der Waals surface area contributed by atoms with Gasteiger partial charge in [-0.15, -0.1) is 0 Å². The molecule has 0 bridgehead atoms. The smallest absolute Gasteiger partial charge is 0.291 e. The van der Waals surface area contributed by atoms with Crippen molar-refractivity contribution in [2.75, 3.05) is 10.6 Å². The zero-order chi connectivity index (χ0) is 17.8. The van der Waals surface area contributed by atoms with Crippen molar-refractivity contribution in [1.82, 2.24) is 4.98 Å². The summed E-state index contributed by atoms with van der Waals surface area (Å²) < 4.78 is 5.67. The minimum Gasteiger partial charge on any atom is -0.444 e. The SMILES string of the molecule is Cc1ccnc(NC(=O)c2cccc(NC(=O)c3ccc(Br)o3)c2)c1. The van der Waals surface area contributed by atoms with E-state index in [4.69, 9.17) is 4.42 Å². The van der Waals surface area contributed by atoms with E-state index in [1.54, 1.807) is 48.7 Å². The highest BCUT2D eigenvalue weighted by molar-refractivity contribution is 9.10. The van der Waals surface area contributed by atoms with Crippen LogP contribution in [0.3, 0.4) is 0 Å². The number of carbonyl (C=O) groups excluding carboxylic acids is 2. The zero-order valence-electron chi connectivity index (χ0n) is 13.2. The topological polar surface area (TPSA) is 84.2 Å². The van der Waals surface area contributed by atoms with Crippen LogP contribution in [-0.2, 0) is 0 Å². The number of nitrogens with zero attached hydrogens (tertiary/aromatic N) is 1. The van der Waals surface area contributed by atoms with Crippen LogP contribution in [0.1, 0.15) is 26.5 Å². The molecule has 7 heteroatoms. The van der Waals surface area contributed by atoms with Crippen molar-refractivity contribution in [2.24, 2.45) is 0 Å². The number of amides is 2. The fourth-order valence-corrected chi connectivity index (χ4v) is 2.47. The molecule has 0 fully saturated rings. The maximum atomic E-state index is 12.3. The van der Waals surface area contributed by atoms with Crippen LogP contribution in [0.25, 0.3) is 0 Å². The van der Waals surface area contributed by atoms with E-state index in [2.05, 4.69) is 31.5 Å². The number of anilines is 2. The van der Waals surface area contributed by atoms with E-state index in [0.29, 0.717) is 21.7 Å². The van der Waals surface area contributed by atoms with Gasteiger partial charge < -0.3 is 15.1 Å². The maximum Gasteiger partial charge on any atom is 0.291 e. The number of aromatic nitrogens is 1. The molecule has 126 valence electrons. The molecule has 0 aliphatic carbocycles. The Labute approximate surface area is 152 Å². The fraction of sp³-hybridized carbons (Fsp3) is 0.0556. The van der Waals surface area contributed by atoms with E-state index < -0.39 is 5.91 Å². The monoisotopic (exact) mass is 399 g/mol. The molecule has 0 atom stereocenters. The van der Waals surface area contributed by atoms with Crippen molar-refractivity contribution in [1.29, 1.82) is 0 Å². The summed E-state index contributed by atoms with van der Waals surface area (Å²) in [6.07, 6.45) is 1.63. The largest absolute Gasteiger partial charge is 0.444 e. The molecule has 0 unspecified atom stereocenters. The molecule has 0 spiro atoms. The molecule has 1 aromatic carbocycles. The van der Waals surface area contributed by atoms with E-state index in [0.717, 1.165) is 5.56 Å². The van der Waals surface area contributed by atoms with E-state index >= 15 is 0 Å². The molecular formula is C18H14BrN3O3. The van der Waals surface area contributed by atoms with Crippen molar-refractivity contribution in [3.8, 4) is 0 Å². The van der Waals surface area contributed by atoms with E-state index in [9.17, 15) is 9.59 Å². The van der Waals surface area contributed by atoms with Gasteiger partial charge in [-0.3, -0.25) is 9.59 Å². The summed E-state index contributed by atoms with van der Waals surface area (Å²) in [6, 6.07) is 13.4. The van der Waals surface area contributed by atoms with Crippen LogP contribution < -0.4 is 10.6 Å². The van der Waals surface area contributed by atoms with E-state index in [1.165, 1.54) is 0 Å². The van der Waals surface area contributed by atoms with Gasteiger partial charge in [-0.1, -0.05) is 6.07 Å². The molecule has 0 radical (unpaired) electrons. The number of aryl methyl sites for hydroxylation is 1. The molecule has 2 aromatic heterocycles. The fourth-order valence-electron chi connectivity index (χ4n) is 2.16. The second-order valence-electron chi connectivity index (χ2n) is 5.31. The van der Waals surface area contributed by atoms with Crippen LogP contribution in [0, 0.1) is 6.92 Å². The van der Waals surface area contributed by atoms with Gasteiger partial charge in [0.05, 0.1) is 0 Å². The van der Waals surface area contributed by atoms with E-state index in [1.807, 2.05) is 13.0 Å². The van der Waals surface area contributed by atoms with Crippen LogP contribution >= 0.6 is 15.9 Å². The molecule has 0 aliphatic rings. The Hall–Kier alpha value is -2.93. The van der Waals surface area contributed by atoms with Crippen molar-refractivity contribution < 1.29 is 14.0 Å². The summed E-state index contributed by atoms with van der Waals surface area (Å²) in [5.74, 6) is -0.0656. The first-order valence-corrected chi connectivity index (χ1v) is 8.21. The first kappa shape index (κ1) is 16.9. The van der Waals surface area contributed by atoms with Gasteiger partial charge in [-0.2, -0.15) is 0 Å². The lowest BCUT2D eigenvalue weighted by atomic mass is 10.2. The lowest BCUT2D eigenvalue weighted by Gasteiger charge is -2.07. The number of furan rings is 1. The first-order valence-electron chi connectivity index (χ1n) is 7.42. The predicted octanol–water partition coefficient (Wildman–Crippen LogP) is 4.25. The Bertz CT molecular complexity index is 937. The lowest BCUT2D eigenvalue weighted by Crippen LogP contribution is -2.15. The molecule has 3 rings (SSSR count). The summed E-state index contributed by atoms with van der Waals surface area (Å²) in [5.41, 5.74) is 1.89. The van der Waals surface area contributed by atoms with Gasteiger partial charge in [-0.25, -0.2) is 4.98 Å². The molecule has 2 heterocycles. The number of halogens is 1. The highest BCUT2D eigenvalue weighted by Crippen LogP contribution is 2.17. The van der Waals surface area contributed by atoms with Gasteiger partial charge in [0.25, 0.3) is 11.8 Å². The molecule has 0 saturated carbocycles. The minimum atomic E-state index is -0.399.